The molecule has 2 fully saturated rings. The summed E-state index contributed by atoms with van der Waals surface area (Å²) in [6.07, 6.45) is 3.96. The number of amides is 3. The Morgan fingerprint density at radius 3 is 2.43 bits per heavy atom. The van der Waals surface area contributed by atoms with Gasteiger partial charge in [-0.25, -0.2) is 15.1 Å². The highest BCUT2D eigenvalue weighted by Gasteiger charge is 2.49. The van der Waals surface area contributed by atoms with Crippen molar-refractivity contribution in [3.05, 3.63) is 30.6 Å². The van der Waals surface area contributed by atoms with E-state index in [9.17, 15) is 22.8 Å². The van der Waals surface area contributed by atoms with E-state index in [2.05, 4.69) is 14.1 Å². The number of carbonyl (C=O) groups excluding carboxylic acids is 2. The van der Waals surface area contributed by atoms with Crippen LogP contribution in [0.25, 0.3) is 0 Å². The molecule has 0 spiro atoms. The molecule has 1 aromatic heterocycles. The zero-order chi connectivity index (χ0) is 20.7. The van der Waals surface area contributed by atoms with Crippen LogP contribution in [0.4, 0.5) is 4.79 Å². The standard InChI is InChI=1S/C9H13N3O9S.C5H5N/c13-7(14)4-20-10-8(15)6-2-1-5-3-11(6)9(16)12(5)21-22(17,18)19;1-2-4-6-5-3-1/h5-6H,1-4H2,(H,10,15)(H,13,14)(H,17,18,19);1-5H/t5-,6+;/m1./s1. The Morgan fingerprint density at radius 2 is 1.93 bits per heavy atom. The Balaban J connectivity index is 0.000000397. The topological polar surface area (TPSA) is 176 Å². The normalized spacial score (nSPS) is 21.0. The lowest BCUT2D eigenvalue weighted by atomic mass is 10.0. The second-order valence-corrected chi connectivity index (χ2v) is 6.69. The van der Waals surface area contributed by atoms with Crippen LogP contribution in [0.2, 0.25) is 0 Å². The molecule has 3 heterocycles. The summed E-state index contributed by atoms with van der Waals surface area (Å²) in [4.78, 5) is 43.4. The first-order valence-electron chi connectivity index (χ1n) is 7.94. The highest BCUT2D eigenvalue weighted by molar-refractivity contribution is 7.80. The molecule has 1 aromatic rings. The molecule has 3 rings (SSSR count). The van der Waals surface area contributed by atoms with E-state index in [1.54, 1.807) is 12.4 Å². The van der Waals surface area contributed by atoms with Gasteiger partial charge in [-0.2, -0.15) is 13.5 Å². The van der Waals surface area contributed by atoms with Crippen LogP contribution < -0.4 is 5.48 Å². The maximum Gasteiger partial charge on any atom is 0.418 e. The number of urea groups is 1. The molecule has 2 bridgehead atoms. The van der Waals surface area contributed by atoms with Crippen LogP contribution in [0.1, 0.15) is 12.8 Å². The van der Waals surface area contributed by atoms with Gasteiger partial charge in [0, 0.05) is 18.9 Å². The van der Waals surface area contributed by atoms with Crippen molar-refractivity contribution >= 4 is 28.3 Å². The van der Waals surface area contributed by atoms with Crippen LogP contribution in [0.15, 0.2) is 30.6 Å². The smallest absolute Gasteiger partial charge is 0.418 e. The Morgan fingerprint density at radius 1 is 1.25 bits per heavy atom. The molecular weight excluding hydrogens is 400 g/mol. The minimum Gasteiger partial charge on any atom is -0.479 e. The molecule has 0 radical (unpaired) electrons. The largest absolute Gasteiger partial charge is 0.479 e. The van der Waals surface area contributed by atoms with Crippen molar-refractivity contribution in [3.63, 3.8) is 0 Å². The minimum atomic E-state index is -4.85. The summed E-state index contributed by atoms with van der Waals surface area (Å²) in [5.41, 5.74) is 1.91. The predicted octanol–water partition coefficient (Wildman–Crippen LogP) is -0.797. The third-order valence-corrected chi connectivity index (χ3v) is 4.08. The van der Waals surface area contributed by atoms with E-state index < -0.39 is 47.0 Å². The maximum atomic E-state index is 12.0. The van der Waals surface area contributed by atoms with Crippen LogP contribution >= 0.6 is 0 Å². The van der Waals surface area contributed by atoms with Crippen molar-refractivity contribution in [1.29, 1.82) is 0 Å². The van der Waals surface area contributed by atoms with Gasteiger partial charge >= 0.3 is 22.4 Å². The number of carboxylic acid groups (broad SMARTS) is 1. The number of rotatable bonds is 6. The summed E-state index contributed by atoms with van der Waals surface area (Å²) in [5, 5.41) is 8.88. The van der Waals surface area contributed by atoms with Gasteiger partial charge in [0.05, 0.1) is 6.04 Å². The lowest BCUT2D eigenvalue weighted by molar-refractivity contribution is -0.151. The molecule has 154 valence electrons. The van der Waals surface area contributed by atoms with Crippen molar-refractivity contribution in [3.8, 4) is 0 Å². The second-order valence-electron chi connectivity index (χ2n) is 5.68. The lowest BCUT2D eigenvalue weighted by Crippen LogP contribution is -2.50. The van der Waals surface area contributed by atoms with E-state index in [0.29, 0.717) is 5.06 Å². The molecule has 14 heteroatoms. The van der Waals surface area contributed by atoms with Crippen LogP contribution in [-0.4, -0.2) is 76.2 Å². The Labute approximate surface area is 159 Å². The fourth-order valence-corrected chi connectivity index (χ4v) is 3.04. The Kier molecular flexibility index (Phi) is 7.22. The molecule has 13 nitrogen and oxygen atoms in total. The number of fused-ring (bicyclic) bond motifs is 2. The molecule has 2 aliphatic rings. The van der Waals surface area contributed by atoms with E-state index in [4.69, 9.17) is 9.66 Å². The quantitative estimate of drug-likeness (QED) is 0.392. The summed E-state index contributed by atoms with van der Waals surface area (Å²) in [5.74, 6) is -2.02. The number of aliphatic carboxylic acids is 1. The highest BCUT2D eigenvalue weighted by atomic mass is 32.3. The number of pyridine rings is 1. The summed E-state index contributed by atoms with van der Waals surface area (Å²) in [6, 6.07) is 3.26. The summed E-state index contributed by atoms with van der Waals surface area (Å²) >= 11 is 0. The van der Waals surface area contributed by atoms with Gasteiger partial charge in [0.1, 0.15) is 6.04 Å². The van der Waals surface area contributed by atoms with Gasteiger partial charge in [-0.15, -0.1) is 4.28 Å². The van der Waals surface area contributed by atoms with Crippen molar-refractivity contribution in [2.75, 3.05) is 13.2 Å². The van der Waals surface area contributed by atoms with Crippen molar-refractivity contribution in [2.24, 2.45) is 0 Å². The van der Waals surface area contributed by atoms with Gasteiger partial charge in [0.15, 0.2) is 6.61 Å². The van der Waals surface area contributed by atoms with Gasteiger partial charge < -0.3 is 10.0 Å². The number of hydrogen-bond acceptors (Lipinski definition) is 8. The van der Waals surface area contributed by atoms with E-state index in [1.165, 1.54) is 0 Å². The second kappa shape index (κ2) is 9.41. The van der Waals surface area contributed by atoms with Gasteiger partial charge in [0.25, 0.3) is 5.91 Å². The van der Waals surface area contributed by atoms with Gasteiger partial charge in [0.2, 0.25) is 0 Å². The van der Waals surface area contributed by atoms with E-state index >= 15 is 0 Å². The average molecular weight is 418 g/mol. The van der Waals surface area contributed by atoms with Crippen molar-refractivity contribution in [1.82, 2.24) is 20.4 Å². The summed E-state index contributed by atoms with van der Waals surface area (Å²) in [7, 11) is -4.85. The van der Waals surface area contributed by atoms with Crippen molar-refractivity contribution < 1.29 is 41.6 Å². The van der Waals surface area contributed by atoms with E-state index in [1.807, 2.05) is 23.7 Å². The number of carboxylic acids is 1. The Hall–Kier alpha value is -2.81. The van der Waals surface area contributed by atoms with Crippen LogP contribution in [-0.2, 0) is 29.1 Å². The van der Waals surface area contributed by atoms with Crippen LogP contribution in [0, 0.1) is 0 Å². The lowest BCUT2D eigenvalue weighted by Gasteiger charge is -2.28. The first kappa shape index (κ1) is 21.5. The SMILES string of the molecule is O=C(O)CONC(=O)[C@@H]1CC[C@@H]2CN1C(=O)N2OS(=O)(=O)O.c1ccncc1. The molecule has 2 saturated heterocycles. The first-order chi connectivity index (χ1) is 13.2. The molecule has 0 saturated carbocycles. The molecule has 2 atom stereocenters. The van der Waals surface area contributed by atoms with Gasteiger partial charge in [-0.05, 0) is 25.0 Å². The van der Waals surface area contributed by atoms with Crippen molar-refractivity contribution in [2.45, 2.75) is 24.9 Å². The maximum absolute atomic E-state index is 12.0. The van der Waals surface area contributed by atoms with Crippen LogP contribution in [0.3, 0.4) is 0 Å². The third kappa shape index (κ3) is 6.12. The monoisotopic (exact) mass is 418 g/mol. The number of nitrogens with one attached hydrogen (secondary N) is 1. The number of piperidine rings is 1. The molecular formula is C14H18N4O9S. The zero-order valence-corrected chi connectivity index (χ0v) is 15.2. The highest BCUT2D eigenvalue weighted by Crippen LogP contribution is 2.30. The number of carbonyl (C=O) groups is 3. The fraction of sp³-hybridized carbons (Fsp3) is 0.429. The van der Waals surface area contributed by atoms with E-state index in [-0.39, 0.29) is 19.4 Å². The molecule has 3 amide bonds. The number of nitrogens with zero attached hydrogens (tertiary/aromatic N) is 3. The summed E-state index contributed by atoms with van der Waals surface area (Å²) < 4.78 is 34.3. The molecule has 0 aromatic carbocycles. The number of aromatic nitrogens is 1. The molecule has 3 N–H and O–H groups in total. The number of hydrogen-bond donors (Lipinski definition) is 3. The Bertz CT molecular complexity index is 778. The van der Waals surface area contributed by atoms with E-state index in [0.717, 1.165) is 4.90 Å². The molecule has 0 aliphatic carbocycles. The number of hydroxylamine groups is 3. The zero-order valence-electron chi connectivity index (χ0n) is 14.4. The van der Waals surface area contributed by atoms with Gasteiger partial charge in [-0.1, -0.05) is 6.07 Å². The summed E-state index contributed by atoms with van der Waals surface area (Å²) in [6.45, 7) is -0.710. The van der Waals surface area contributed by atoms with Gasteiger partial charge in [-0.3, -0.25) is 19.2 Å². The fourth-order valence-electron chi connectivity index (χ4n) is 2.65. The molecule has 0 unspecified atom stereocenters. The predicted molar refractivity (Wildman–Crippen MR) is 89.4 cm³/mol. The minimum absolute atomic E-state index is 0.0331. The average Bonchev–Trinajstić information content (AvgIpc) is 2.87. The molecule has 2 aliphatic heterocycles. The third-order valence-electron chi connectivity index (χ3n) is 3.73. The first-order valence-corrected chi connectivity index (χ1v) is 9.31. The van der Waals surface area contributed by atoms with Crippen LogP contribution in [0.5, 0.6) is 0 Å². The molecule has 28 heavy (non-hydrogen) atoms.